The van der Waals surface area contributed by atoms with Gasteiger partial charge in [0.25, 0.3) is 0 Å². The SMILES string of the molecule is COc1cccc(S(=O)(=O)NCCCNc2ncc(C(=O)c3ccccc3Cl)s2)c1. The molecular weight excluding hydrogens is 446 g/mol. The van der Waals surface area contributed by atoms with E-state index < -0.39 is 10.0 Å². The quantitative estimate of drug-likeness (QED) is 0.349. The van der Waals surface area contributed by atoms with Gasteiger partial charge in [-0.2, -0.15) is 0 Å². The number of nitrogens with one attached hydrogen (secondary N) is 2. The monoisotopic (exact) mass is 465 g/mol. The number of hydrogen-bond donors (Lipinski definition) is 2. The topological polar surface area (TPSA) is 97.4 Å². The maximum atomic E-state index is 12.5. The van der Waals surface area contributed by atoms with E-state index in [2.05, 4.69) is 15.0 Å². The average Bonchev–Trinajstić information content (AvgIpc) is 3.22. The van der Waals surface area contributed by atoms with Crippen LogP contribution in [0.25, 0.3) is 0 Å². The molecule has 0 saturated heterocycles. The van der Waals surface area contributed by atoms with Gasteiger partial charge in [0.2, 0.25) is 15.8 Å². The minimum Gasteiger partial charge on any atom is -0.497 e. The molecule has 0 aliphatic heterocycles. The summed E-state index contributed by atoms with van der Waals surface area (Å²) in [5.41, 5.74) is 0.432. The van der Waals surface area contributed by atoms with Crippen molar-refractivity contribution in [2.45, 2.75) is 11.3 Å². The molecule has 0 aliphatic rings. The fourth-order valence-corrected chi connectivity index (χ4v) is 4.71. The summed E-state index contributed by atoms with van der Waals surface area (Å²) >= 11 is 7.30. The second kappa shape index (κ2) is 10.0. The Kier molecular flexibility index (Phi) is 7.43. The number of nitrogens with zero attached hydrogens (tertiary/aromatic N) is 1. The molecule has 158 valence electrons. The molecule has 0 saturated carbocycles. The molecule has 3 rings (SSSR count). The summed E-state index contributed by atoms with van der Waals surface area (Å²) in [7, 11) is -2.12. The minimum atomic E-state index is -3.61. The van der Waals surface area contributed by atoms with Gasteiger partial charge in [0.1, 0.15) is 5.75 Å². The Labute approximate surface area is 184 Å². The zero-order chi connectivity index (χ0) is 21.6. The second-order valence-corrected chi connectivity index (χ2v) is 9.40. The standard InChI is InChI=1S/C20H20ClN3O4S2/c1-28-14-6-4-7-15(12-14)30(26,27)24-11-5-10-22-20-23-13-18(29-20)19(25)16-8-2-3-9-17(16)21/h2-4,6-9,12-13,24H,5,10-11H2,1H3,(H,22,23). The van der Waals surface area contributed by atoms with Crippen molar-refractivity contribution in [3.63, 3.8) is 0 Å². The van der Waals surface area contributed by atoms with Crippen molar-refractivity contribution in [2.75, 3.05) is 25.5 Å². The van der Waals surface area contributed by atoms with Crippen molar-refractivity contribution in [3.05, 3.63) is 70.2 Å². The van der Waals surface area contributed by atoms with Crippen molar-refractivity contribution in [1.29, 1.82) is 0 Å². The van der Waals surface area contributed by atoms with E-state index in [0.29, 0.717) is 39.3 Å². The van der Waals surface area contributed by atoms with Crippen molar-refractivity contribution in [3.8, 4) is 5.75 Å². The molecular formula is C20H20ClN3O4S2. The van der Waals surface area contributed by atoms with Gasteiger partial charge in [-0.05, 0) is 30.7 Å². The van der Waals surface area contributed by atoms with Gasteiger partial charge >= 0.3 is 0 Å². The van der Waals surface area contributed by atoms with Crippen LogP contribution in [0.4, 0.5) is 5.13 Å². The Morgan fingerprint density at radius 2 is 1.97 bits per heavy atom. The first-order chi connectivity index (χ1) is 14.4. The zero-order valence-corrected chi connectivity index (χ0v) is 18.5. The van der Waals surface area contributed by atoms with Gasteiger partial charge in [-0.3, -0.25) is 4.79 Å². The van der Waals surface area contributed by atoms with E-state index in [9.17, 15) is 13.2 Å². The van der Waals surface area contributed by atoms with Crippen molar-refractivity contribution < 1.29 is 17.9 Å². The molecule has 0 bridgehead atoms. The smallest absolute Gasteiger partial charge is 0.240 e. The van der Waals surface area contributed by atoms with Gasteiger partial charge in [0.05, 0.1) is 28.1 Å². The Morgan fingerprint density at radius 1 is 1.17 bits per heavy atom. The highest BCUT2D eigenvalue weighted by molar-refractivity contribution is 7.89. The highest BCUT2D eigenvalue weighted by Crippen LogP contribution is 2.24. The molecule has 2 aromatic carbocycles. The zero-order valence-electron chi connectivity index (χ0n) is 16.1. The van der Waals surface area contributed by atoms with Gasteiger partial charge in [-0.25, -0.2) is 18.1 Å². The fourth-order valence-electron chi connectivity index (χ4n) is 2.58. The number of halogens is 1. The normalized spacial score (nSPS) is 11.3. The van der Waals surface area contributed by atoms with Crippen LogP contribution in [0.1, 0.15) is 21.7 Å². The van der Waals surface area contributed by atoms with Gasteiger partial charge in [-0.1, -0.05) is 41.1 Å². The van der Waals surface area contributed by atoms with Crippen molar-refractivity contribution in [2.24, 2.45) is 0 Å². The van der Waals surface area contributed by atoms with Crippen LogP contribution in [0.5, 0.6) is 5.75 Å². The Balaban J connectivity index is 1.48. The van der Waals surface area contributed by atoms with E-state index in [1.165, 1.54) is 36.8 Å². The highest BCUT2D eigenvalue weighted by atomic mass is 35.5. The van der Waals surface area contributed by atoms with Gasteiger partial charge < -0.3 is 10.1 Å². The molecule has 3 aromatic rings. The first kappa shape index (κ1) is 22.2. The largest absolute Gasteiger partial charge is 0.497 e. The summed E-state index contributed by atoms with van der Waals surface area (Å²) in [6.07, 6.45) is 2.04. The van der Waals surface area contributed by atoms with E-state index in [0.717, 1.165) is 0 Å². The number of ketones is 1. The lowest BCUT2D eigenvalue weighted by Crippen LogP contribution is -2.26. The van der Waals surface area contributed by atoms with Gasteiger partial charge in [-0.15, -0.1) is 0 Å². The molecule has 10 heteroatoms. The number of benzene rings is 2. The van der Waals surface area contributed by atoms with E-state index in [4.69, 9.17) is 16.3 Å². The molecule has 0 aliphatic carbocycles. The minimum absolute atomic E-state index is 0.150. The lowest BCUT2D eigenvalue weighted by Gasteiger charge is -2.08. The molecule has 0 radical (unpaired) electrons. The predicted molar refractivity (Wildman–Crippen MR) is 118 cm³/mol. The second-order valence-electron chi connectivity index (χ2n) is 6.20. The first-order valence-electron chi connectivity index (χ1n) is 9.03. The summed E-state index contributed by atoms with van der Waals surface area (Å²) in [5, 5.41) is 4.08. The molecule has 30 heavy (non-hydrogen) atoms. The molecule has 0 spiro atoms. The highest BCUT2D eigenvalue weighted by Gasteiger charge is 2.16. The Bertz CT molecular complexity index is 1130. The predicted octanol–water partition coefficient (Wildman–Crippen LogP) is 3.82. The fraction of sp³-hybridized carbons (Fsp3) is 0.200. The third kappa shape index (κ3) is 5.57. The van der Waals surface area contributed by atoms with Crippen LogP contribution in [0, 0.1) is 0 Å². The molecule has 1 aromatic heterocycles. The lowest BCUT2D eigenvalue weighted by atomic mass is 10.1. The van der Waals surface area contributed by atoms with Crippen LogP contribution in [0.15, 0.2) is 59.6 Å². The van der Waals surface area contributed by atoms with Gasteiger partial charge in [0.15, 0.2) is 5.13 Å². The molecule has 0 atom stereocenters. The first-order valence-corrected chi connectivity index (χ1v) is 11.7. The molecule has 2 N–H and O–H groups in total. The number of rotatable bonds is 10. The Morgan fingerprint density at radius 3 is 2.73 bits per heavy atom. The third-order valence-corrected chi connectivity index (χ3v) is 6.86. The maximum absolute atomic E-state index is 12.5. The summed E-state index contributed by atoms with van der Waals surface area (Å²) in [4.78, 5) is 17.3. The van der Waals surface area contributed by atoms with Crippen LogP contribution in [-0.2, 0) is 10.0 Å². The van der Waals surface area contributed by atoms with Crippen LogP contribution >= 0.6 is 22.9 Å². The molecule has 1 heterocycles. The number of aromatic nitrogens is 1. The number of ether oxygens (including phenoxy) is 1. The van der Waals surface area contributed by atoms with Crippen LogP contribution in [-0.4, -0.2) is 39.4 Å². The number of carbonyl (C=O) groups is 1. The van der Waals surface area contributed by atoms with Crippen LogP contribution in [0.2, 0.25) is 5.02 Å². The van der Waals surface area contributed by atoms with E-state index in [1.807, 2.05) is 0 Å². The Hall–Kier alpha value is -2.46. The number of thiazole rings is 1. The lowest BCUT2D eigenvalue weighted by molar-refractivity contribution is 0.104. The van der Waals surface area contributed by atoms with Crippen LogP contribution < -0.4 is 14.8 Å². The van der Waals surface area contributed by atoms with E-state index in [1.54, 1.807) is 36.4 Å². The van der Waals surface area contributed by atoms with Crippen molar-refractivity contribution in [1.82, 2.24) is 9.71 Å². The number of hydrogen-bond acceptors (Lipinski definition) is 7. The molecule has 0 fully saturated rings. The number of carbonyl (C=O) groups excluding carboxylic acids is 1. The molecule has 7 nitrogen and oxygen atoms in total. The summed E-state index contributed by atoms with van der Waals surface area (Å²) in [5.74, 6) is 0.294. The van der Waals surface area contributed by atoms with E-state index in [-0.39, 0.29) is 17.2 Å². The summed E-state index contributed by atoms with van der Waals surface area (Å²) < 4.78 is 32.3. The van der Waals surface area contributed by atoms with E-state index >= 15 is 0 Å². The number of anilines is 1. The molecule has 0 amide bonds. The number of methoxy groups -OCH3 is 1. The van der Waals surface area contributed by atoms with Crippen molar-refractivity contribution >= 4 is 43.9 Å². The molecule has 0 unspecified atom stereocenters. The summed E-state index contributed by atoms with van der Waals surface area (Å²) in [6.45, 7) is 0.747. The van der Waals surface area contributed by atoms with Gasteiger partial charge in [0, 0.05) is 24.7 Å². The number of sulfonamides is 1. The van der Waals surface area contributed by atoms with Crippen LogP contribution in [0.3, 0.4) is 0 Å². The third-order valence-electron chi connectivity index (χ3n) is 4.12. The average molecular weight is 466 g/mol. The maximum Gasteiger partial charge on any atom is 0.240 e. The summed E-state index contributed by atoms with van der Waals surface area (Å²) in [6, 6.07) is 13.1.